The third kappa shape index (κ3) is 5.00. The Labute approximate surface area is 70.0 Å². The number of hydrazine groups is 1. The smallest absolute Gasteiger partial charge is 0.322 e. The molecule has 5 nitrogen and oxygen atoms in total. The lowest BCUT2D eigenvalue weighted by atomic mass is 10.1. The monoisotopic (exact) mass is 179 g/mol. The van der Waals surface area contributed by atoms with Crippen molar-refractivity contribution in [1.82, 2.24) is 11.1 Å². The zero-order valence-corrected chi connectivity index (χ0v) is 6.72. The lowest BCUT2D eigenvalue weighted by Crippen LogP contribution is -2.41. The minimum atomic E-state index is -1.07. The molecule has 0 aromatic carbocycles. The molecule has 0 aliphatic rings. The van der Waals surface area contributed by atoms with Crippen molar-refractivity contribution in [2.45, 2.75) is 25.3 Å². The second kappa shape index (κ2) is 6.96. The second-order valence-corrected chi connectivity index (χ2v) is 2.41. The molecule has 0 spiro atoms. The van der Waals surface area contributed by atoms with E-state index in [1.54, 1.807) is 0 Å². The summed E-state index contributed by atoms with van der Waals surface area (Å²) in [5.41, 5.74) is 8.31. The number of carbonyl (C=O) groups is 1. The number of nitrogens with one attached hydrogen (secondary N) is 2. The summed E-state index contributed by atoms with van der Waals surface area (Å²) in [6.45, 7) is 0.523. The Morgan fingerprint density at radius 2 is 2.25 bits per heavy atom. The lowest BCUT2D eigenvalue weighted by Gasteiger charge is -2.10. The molecule has 0 aromatic heterocycles. The summed E-state index contributed by atoms with van der Waals surface area (Å²) < 4.78 is 11.5. The molecule has 0 unspecified atom stereocenters. The predicted octanol–water partition coefficient (Wildman–Crippen LogP) is -0.453. The van der Waals surface area contributed by atoms with Crippen LogP contribution in [0.4, 0.5) is 4.48 Å². The van der Waals surface area contributed by atoms with E-state index >= 15 is 0 Å². The van der Waals surface area contributed by atoms with E-state index in [2.05, 4.69) is 0 Å². The fraction of sp³-hybridized carbons (Fsp3) is 0.833. The molecule has 0 amide bonds. The fourth-order valence-corrected chi connectivity index (χ4v) is 0.816. The van der Waals surface area contributed by atoms with E-state index in [4.69, 9.17) is 10.8 Å². The molecule has 0 heterocycles. The number of carboxylic acid groups (broad SMARTS) is 1. The van der Waals surface area contributed by atoms with Gasteiger partial charge in [0.2, 0.25) is 0 Å². The Morgan fingerprint density at radius 3 is 2.67 bits per heavy atom. The molecule has 72 valence electrons. The van der Waals surface area contributed by atoms with Crippen LogP contribution in [-0.4, -0.2) is 23.7 Å². The minimum absolute atomic E-state index is 0.365. The summed E-state index contributed by atoms with van der Waals surface area (Å²) >= 11 is 0. The van der Waals surface area contributed by atoms with Crippen LogP contribution in [0.1, 0.15) is 19.3 Å². The number of unbranched alkanes of at least 4 members (excludes halogenated alkanes) is 1. The van der Waals surface area contributed by atoms with Gasteiger partial charge in [-0.25, -0.2) is 5.43 Å². The van der Waals surface area contributed by atoms with Crippen LogP contribution in [0.2, 0.25) is 0 Å². The van der Waals surface area contributed by atoms with Crippen molar-refractivity contribution in [3.05, 3.63) is 0 Å². The molecular formula is C6H14FN3O2. The van der Waals surface area contributed by atoms with Crippen LogP contribution in [0.25, 0.3) is 0 Å². The van der Waals surface area contributed by atoms with Crippen molar-refractivity contribution in [1.29, 1.82) is 0 Å². The maximum Gasteiger partial charge on any atom is 0.322 e. The van der Waals surface area contributed by atoms with Gasteiger partial charge in [0, 0.05) is 0 Å². The van der Waals surface area contributed by atoms with Gasteiger partial charge >= 0.3 is 5.97 Å². The molecule has 0 radical (unpaired) electrons. The number of carboxylic acids is 1. The molecule has 0 aliphatic heterocycles. The van der Waals surface area contributed by atoms with Gasteiger partial charge in [-0.3, -0.25) is 4.79 Å². The summed E-state index contributed by atoms with van der Waals surface area (Å²) in [5.74, 6) is -1.07. The highest BCUT2D eigenvalue weighted by atomic mass is 19.2. The van der Waals surface area contributed by atoms with E-state index in [0.29, 0.717) is 19.4 Å². The van der Waals surface area contributed by atoms with E-state index < -0.39 is 12.0 Å². The van der Waals surface area contributed by atoms with Gasteiger partial charge in [-0.2, -0.15) is 0 Å². The largest absolute Gasteiger partial charge is 0.480 e. The fourth-order valence-electron chi connectivity index (χ4n) is 0.816. The van der Waals surface area contributed by atoms with E-state index in [0.717, 1.165) is 12.1 Å². The van der Waals surface area contributed by atoms with Gasteiger partial charge in [0.15, 0.2) is 0 Å². The van der Waals surface area contributed by atoms with Crippen LogP contribution in [0.15, 0.2) is 0 Å². The average Bonchev–Trinajstić information content (AvgIpc) is 2.03. The van der Waals surface area contributed by atoms with E-state index in [9.17, 15) is 9.28 Å². The second-order valence-electron chi connectivity index (χ2n) is 2.41. The Kier molecular flexibility index (Phi) is 6.54. The highest BCUT2D eigenvalue weighted by Gasteiger charge is 2.15. The van der Waals surface area contributed by atoms with Crippen LogP contribution in [-0.2, 0) is 4.79 Å². The molecule has 0 aromatic rings. The number of nitrogens with two attached hydrogens (primary N) is 1. The summed E-state index contributed by atoms with van der Waals surface area (Å²) in [7, 11) is 0. The zero-order valence-electron chi connectivity index (χ0n) is 6.72. The first kappa shape index (κ1) is 11.3. The first-order valence-corrected chi connectivity index (χ1v) is 3.76. The van der Waals surface area contributed by atoms with Gasteiger partial charge in [0.05, 0.1) is 0 Å². The van der Waals surface area contributed by atoms with Crippen LogP contribution in [0.5, 0.6) is 0 Å². The maximum atomic E-state index is 11.5. The maximum absolute atomic E-state index is 11.5. The lowest BCUT2D eigenvalue weighted by molar-refractivity contribution is -0.140. The van der Waals surface area contributed by atoms with Gasteiger partial charge in [-0.15, -0.1) is 4.48 Å². The molecule has 0 fully saturated rings. The SMILES string of the molecule is NCCCC[C@H](NNF)C(=O)O. The molecule has 1 atom stereocenters. The van der Waals surface area contributed by atoms with E-state index in [-0.39, 0.29) is 0 Å². The van der Waals surface area contributed by atoms with Crippen molar-refractivity contribution in [2.75, 3.05) is 6.54 Å². The molecule has 12 heavy (non-hydrogen) atoms. The summed E-state index contributed by atoms with van der Waals surface area (Å²) in [6.07, 6.45) is 1.78. The number of hydrogen-bond acceptors (Lipinski definition) is 4. The Hall–Kier alpha value is -0.720. The number of hydrogen-bond donors (Lipinski definition) is 4. The van der Waals surface area contributed by atoms with Crippen molar-refractivity contribution in [3.63, 3.8) is 0 Å². The number of aliphatic carboxylic acids is 1. The van der Waals surface area contributed by atoms with Gasteiger partial charge in [-0.1, -0.05) is 5.65 Å². The highest BCUT2D eigenvalue weighted by Crippen LogP contribution is 1.99. The van der Waals surface area contributed by atoms with Crippen molar-refractivity contribution in [3.8, 4) is 0 Å². The predicted molar refractivity (Wildman–Crippen MR) is 41.7 cm³/mol. The Morgan fingerprint density at radius 1 is 1.58 bits per heavy atom. The van der Waals surface area contributed by atoms with Crippen LogP contribution in [0, 0.1) is 0 Å². The van der Waals surface area contributed by atoms with Gasteiger partial charge < -0.3 is 10.8 Å². The first-order valence-electron chi connectivity index (χ1n) is 3.76. The molecule has 0 rings (SSSR count). The molecule has 5 N–H and O–H groups in total. The molecule has 0 saturated heterocycles. The normalized spacial score (nSPS) is 12.8. The summed E-state index contributed by atoms with van der Waals surface area (Å²) in [5, 5.41) is 8.50. The molecule has 6 heteroatoms. The molecule has 0 bridgehead atoms. The number of rotatable bonds is 7. The van der Waals surface area contributed by atoms with Crippen molar-refractivity contribution >= 4 is 5.97 Å². The van der Waals surface area contributed by atoms with Gasteiger partial charge in [-0.05, 0) is 25.8 Å². The average molecular weight is 179 g/mol. The van der Waals surface area contributed by atoms with Crippen LogP contribution in [0.3, 0.4) is 0 Å². The third-order valence-corrected chi connectivity index (χ3v) is 1.47. The standard InChI is InChI=1S/C6H14FN3O2/c7-10-9-5(6(11)12)3-1-2-4-8/h5,9-10H,1-4,8H2,(H,11,12)/t5-/m0/s1. The Balaban J connectivity index is 3.56. The molecule has 0 saturated carbocycles. The quantitative estimate of drug-likeness (QED) is 0.241. The van der Waals surface area contributed by atoms with Crippen molar-refractivity contribution in [2.24, 2.45) is 5.73 Å². The molecule has 0 aliphatic carbocycles. The van der Waals surface area contributed by atoms with E-state index in [1.807, 2.05) is 5.43 Å². The molecular weight excluding hydrogens is 165 g/mol. The zero-order chi connectivity index (χ0) is 9.40. The van der Waals surface area contributed by atoms with Gasteiger partial charge in [0.25, 0.3) is 0 Å². The van der Waals surface area contributed by atoms with Crippen LogP contribution < -0.4 is 16.8 Å². The summed E-state index contributed by atoms with van der Waals surface area (Å²) in [4.78, 5) is 10.4. The van der Waals surface area contributed by atoms with E-state index in [1.165, 1.54) is 0 Å². The topological polar surface area (TPSA) is 87.4 Å². The van der Waals surface area contributed by atoms with Crippen molar-refractivity contribution < 1.29 is 14.4 Å². The first-order chi connectivity index (χ1) is 5.72. The summed E-state index contributed by atoms with van der Waals surface area (Å²) in [6, 6.07) is -0.887. The Bertz CT molecular complexity index is 134. The minimum Gasteiger partial charge on any atom is -0.480 e. The third-order valence-electron chi connectivity index (χ3n) is 1.47. The highest BCUT2D eigenvalue weighted by molar-refractivity contribution is 5.73. The number of halogens is 1. The van der Waals surface area contributed by atoms with Gasteiger partial charge in [0.1, 0.15) is 6.04 Å². The van der Waals surface area contributed by atoms with Crippen LogP contribution >= 0.6 is 0 Å².